The van der Waals surface area contributed by atoms with Gasteiger partial charge < -0.3 is 13.8 Å². The summed E-state index contributed by atoms with van der Waals surface area (Å²) in [6.07, 6.45) is -1.87. The molecule has 1 aliphatic rings. The van der Waals surface area contributed by atoms with Crippen LogP contribution in [0, 0.1) is 4.77 Å². The average Bonchev–Trinajstić information content (AvgIpc) is 3.54. The van der Waals surface area contributed by atoms with Crippen molar-refractivity contribution in [2.45, 2.75) is 38.4 Å². The van der Waals surface area contributed by atoms with Crippen LogP contribution in [0.1, 0.15) is 50.6 Å². The first-order valence-corrected chi connectivity index (χ1v) is 12.2. The molecule has 196 valence electrons. The number of halogens is 3. The number of alkyl halides is 3. The number of aromatic amines is 1. The Hall–Kier alpha value is -3.99. The lowest BCUT2D eigenvalue weighted by molar-refractivity contribution is -0.137. The maximum atomic E-state index is 12.9. The number of nitrogens with one attached hydrogen (secondary N) is 1. The molecule has 4 aromatic rings. The highest BCUT2D eigenvalue weighted by Crippen LogP contribution is 2.31. The van der Waals surface area contributed by atoms with Crippen LogP contribution in [0.15, 0.2) is 57.8 Å². The number of ether oxygens (including phenoxy) is 1. The zero-order valence-corrected chi connectivity index (χ0v) is 21.0. The highest BCUT2D eigenvalue weighted by atomic mass is 32.1. The van der Waals surface area contributed by atoms with E-state index in [-0.39, 0.29) is 29.1 Å². The molecule has 0 saturated carbocycles. The number of carbonyl (C=O) groups is 1. The lowest BCUT2D eigenvalue weighted by atomic mass is 9.98. The number of H-pyrrole nitrogens is 1. The van der Waals surface area contributed by atoms with Gasteiger partial charge in [0.05, 0.1) is 19.2 Å². The number of benzene rings is 2. The number of esters is 1. The first-order chi connectivity index (χ1) is 18.2. The molecule has 1 N–H and O–H groups in total. The number of rotatable bonds is 6. The molecule has 0 amide bonds. The molecule has 5 rings (SSSR count). The predicted octanol–water partition coefficient (Wildman–Crippen LogP) is 5.49. The summed E-state index contributed by atoms with van der Waals surface area (Å²) in [7, 11) is 1.25. The highest BCUT2D eigenvalue weighted by molar-refractivity contribution is 7.71. The second-order valence-corrected chi connectivity index (χ2v) is 9.39. The Morgan fingerprint density at radius 1 is 1.11 bits per heavy atom. The Kier molecular flexibility index (Phi) is 6.78. The van der Waals surface area contributed by atoms with E-state index in [1.54, 1.807) is 12.1 Å². The molecule has 1 aliphatic carbocycles. The van der Waals surface area contributed by atoms with Crippen molar-refractivity contribution >= 4 is 18.2 Å². The molecular formula is C27H22F3N3O4S. The van der Waals surface area contributed by atoms with Crippen molar-refractivity contribution in [2.75, 3.05) is 7.11 Å². The van der Waals surface area contributed by atoms with Gasteiger partial charge >= 0.3 is 12.1 Å². The summed E-state index contributed by atoms with van der Waals surface area (Å²) in [6.45, 7) is 0.206. The van der Waals surface area contributed by atoms with Crippen molar-refractivity contribution in [1.29, 1.82) is 0 Å². The molecule has 7 nitrogen and oxygen atoms in total. The summed E-state index contributed by atoms with van der Waals surface area (Å²) < 4.78 is 51.0. The Morgan fingerprint density at radius 2 is 1.76 bits per heavy atom. The van der Waals surface area contributed by atoms with Gasteiger partial charge in [0.15, 0.2) is 4.77 Å². The minimum Gasteiger partial charge on any atom is -0.463 e. The van der Waals surface area contributed by atoms with Gasteiger partial charge in [-0.3, -0.25) is 9.78 Å². The van der Waals surface area contributed by atoms with Gasteiger partial charge in [-0.05, 0) is 60.3 Å². The van der Waals surface area contributed by atoms with Gasteiger partial charge in [-0.1, -0.05) is 41.6 Å². The van der Waals surface area contributed by atoms with Crippen LogP contribution < -0.4 is 5.56 Å². The van der Waals surface area contributed by atoms with Crippen LogP contribution in [-0.4, -0.2) is 27.8 Å². The molecule has 0 bridgehead atoms. The Labute approximate surface area is 219 Å². The van der Waals surface area contributed by atoms with E-state index >= 15 is 0 Å². The molecule has 11 heteroatoms. The second-order valence-electron chi connectivity index (χ2n) is 9.00. The highest BCUT2D eigenvalue weighted by Gasteiger charge is 2.30. The zero-order valence-electron chi connectivity index (χ0n) is 20.2. The maximum Gasteiger partial charge on any atom is 0.416 e. The molecule has 0 unspecified atom stereocenters. The fourth-order valence-corrected chi connectivity index (χ4v) is 4.99. The summed E-state index contributed by atoms with van der Waals surface area (Å²) >= 11 is 5.42. The Morgan fingerprint density at radius 3 is 2.39 bits per heavy atom. The van der Waals surface area contributed by atoms with Crippen molar-refractivity contribution in [3.05, 3.63) is 103 Å². The van der Waals surface area contributed by atoms with Crippen molar-refractivity contribution < 1.29 is 27.2 Å². The Bertz CT molecular complexity index is 1620. The fraction of sp³-hybridized carbons (Fsp3) is 0.259. The monoisotopic (exact) mass is 541 g/mol. The summed E-state index contributed by atoms with van der Waals surface area (Å²) in [6, 6.07) is 12.2. The van der Waals surface area contributed by atoms with Gasteiger partial charge in [0.2, 0.25) is 5.76 Å². The molecule has 0 radical (unpaired) electrons. The van der Waals surface area contributed by atoms with Crippen LogP contribution in [-0.2, 0) is 36.7 Å². The van der Waals surface area contributed by atoms with Crippen LogP contribution >= 0.6 is 12.2 Å². The van der Waals surface area contributed by atoms with Crippen LogP contribution in [0.5, 0.6) is 0 Å². The smallest absolute Gasteiger partial charge is 0.416 e. The van der Waals surface area contributed by atoms with E-state index in [1.807, 2.05) is 16.7 Å². The molecule has 2 aromatic heterocycles. The van der Waals surface area contributed by atoms with Crippen molar-refractivity contribution in [1.82, 2.24) is 14.7 Å². The van der Waals surface area contributed by atoms with Gasteiger partial charge in [-0.25, -0.2) is 4.79 Å². The minimum atomic E-state index is -4.39. The lowest BCUT2D eigenvalue weighted by Gasteiger charge is -2.12. The van der Waals surface area contributed by atoms with Crippen LogP contribution in [0.3, 0.4) is 0 Å². The minimum absolute atomic E-state index is 0.0260. The summed E-state index contributed by atoms with van der Waals surface area (Å²) in [5.41, 5.74) is 3.90. The number of aromatic nitrogens is 3. The molecular weight excluding hydrogens is 519 g/mol. The van der Waals surface area contributed by atoms with E-state index in [4.69, 9.17) is 21.5 Å². The third-order valence-electron chi connectivity index (χ3n) is 6.68. The predicted molar refractivity (Wildman–Crippen MR) is 135 cm³/mol. The average molecular weight is 542 g/mol. The van der Waals surface area contributed by atoms with Gasteiger partial charge in [-0.15, -0.1) is 0 Å². The molecule has 0 aliphatic heterocycles. The van der Waals surface area contributed by atoms with E-state index in [1.165, 1.54) is 19.2 Å². The number of fused-ring (bicyclic) bond motifs is 1. The van der Waals surface area contributed by atoms with Gasteiger partial charge in [0.1, 0.15) is 5.69 Å². The van der Waals surface area contributed by atoms with E-state index in [2.05, 4.69) is 10.1 Å². The summed E-state index contributed by atoms with van der Waals surface area (Å²) in [5, 5.41) is 4.13. The van der Waals surface area contributed by atoms with E-state index in [0.717, 1.165) is 35.4 Å². The second kappa shape index (κ2) is 10.1. The molecule has 2 aromatic carbocycles. The third-order valence-corrected chi connectivity index (χ3v) is 7.01. The number of hydrogen-bond donors (Lipinski definition) is 1. The third kappa shape index (κ3) is 4.93. The van der Waals surface area contributed by atoms with Gasteiger partial charge in [0, 0.05) is 23.2 Å². The van der Waals surface area contributed by atoms with Gasteiger partial charge in [0.25, 0.3) is 5.56 Å². The maximum absolute atomic E-state index is 12.9. The summed E-state index contributed by atoms with van der Waals surface area (Å²) in [5.74, 6) is -0.697. The quantitative estimate of drug-likeness (QED) is 0.256. The molecule has 0 saturated heterocycles. The number of methoxy groups -OCH3 is 1. The molecule has 38 heavy (non-hydrogen) atoms. The van der Waals surface area contributed by atoms with E-state index in [0.29, 0.717) is 35.2 Å². The van der Waals surface area contributed by atoms with Crippen LogP contribution in [0.4, 0.5) is 13.2 Å². The normalized spacial score (nSPS) is 12.9. The zero-order chi connectivity index (χ0) is 27.0. The van der Waals surface area contributed by atoms with Crippen molar-refractivity contribution in [2.24, 2.45) is 0 Å². The SMILES string of the molecule is COC(=O)c1onc(Cn2c3c(c(=O)[nH]c2=S)CCC3)c1Cc1ccc(-c2ccc(C(F)(F)F)cc2)cc1. The fourth-order valence-electron chi connectivity index (χ4n) is 4.72. The topological polar surface area (TPSA) is 90.1 Å². The van der Waals surface area contributed by atoms with Gasteiger partial charge in [-0.2, -0.15) is 13.2 Å². The van der Waals surface area contributed by atoms with Crippen molar-refractivity contribution in [3.63, 3.8) is 0 Å². The largest absolute Gasteiger partial charge is 0.463 e. The molecule has 0 spiro atoms. The molecule has 2 heterocycles. The first-order valence-electron chi connectivity index (χ1n) is 11.8. The van der Waals surface area contributed by atoms with E-state index in [9.17, 15) is 22.8 Å². The number of carbonyl (C=O) groups excluding carboxylic acids is 1. The standard InChI is InChI=1S/C27H22F3N3O4S/c1-36-25(35)23-20(21(32-37-23)14-33-22-4-2-3-19(22)24(34)31-26(33)38)13-15-5-7-16(8-6-15)17-9-11-18(12-10-17)27(28,29)30/h5-12H,2-4,13-14H2,1H3,(H,31,34,38). The molecule has 0 fully saturated rings. The Balaban J connectivity index is 1.45. The van der Waals surface area contributed by atoms with Crippen LogP contribution in [0.25, 0.3) is 11.1 Å². The first kappa shape index (κ1) is 25.7. The number of hydrogen-bond acceptors (Lipinski definition) is 6. The van der Waals surface area contributed by atoms with Crippen molar-refractivity contribution in [3.8, 4) is 11.1 Å². The molecule has 0 atom stereocenters. The van der Waals surface area contributed by atoms with E-state index < -0.39 is 17.7 Å². The van der Waals surface area contributed by atoms with Crippen LogP contribution in [0.2, 0.25) is 0 Å². The summed E-state index contributed by atoms with van der Waals surface area (Å²) in [4.78, 5) is 27.4. The lowest BCUT2D eigenvalue weighted by Crippen LogP contribution is -2.21. The number of nitrogens with zero attached hydrogens (tertiary/aromatic N) is 2.